The number of carbonyl (C=O) groups excluding carboxylic acids is 2. The van der Waals surface area contributed by atoms with Gasteiger partial charge in [-0.05, 0) is 51.5 Å². The van der Waals surface area contributed by atoms with Crippen LogP contribution < -0.4 is 10.2 Å². The van der Waals surface area contributed by atoms with Crippen molar-refractivity contribution in [3.05, 3.63) is 29.8 Å². The zero-order valence-corrected chi connectivity index (χ0v) is 17.9. The quantitative estimate of drug-likeness (QED) is 0.706. The Kier molecular flexibility index (Phi) is 8.77. The van der Waals surface area contributed by atoms with Crippen molar-refractivity contribution >= 4 is 17.5 Å². The molecule has 28 heavy (non-hydrogen) atoms. The Labute approximate surface area is 169 Å². The van der Waals surface area contributed by atoms with Gasteiger partial charge in [0.05, 0.1) is 6.54 Å². The zero-order chi connectivity index (χ0) is 20.5. The third kappa shape index (κ3) is 6.51. The molecule has 0 saturated carbocycles. The van der Waals surface area contributed by atoms with Crippen molar-refractivity contribution in [3.63, 3.8) is 0 Å². The molecule has 1 saturated heterocycles. The van der Waals surface area contributed by atoms with Crippen LogP contribution in [0.2, 0.25) is 0 Å². The van der Waals surface area contributed by atoms with Crippen LogP contribution in [0.4, 0.5) is 5.69 Å². The molecule has 0 unspecified atom stereocenters. The summed E-state index contributed by atoms with van der Waals surface area (Å²) in [6.45, 7) is 13.5. The summed E-state index contributed by atoms with van der Waals surface area (Å²) in [7, 11) is 0. The van der Waals surface area contributed by atoms with Crippen LogP contribution >= 0.6 is 0 Å². The summed E-state index contributed by atoms with van der Waals surface area (Å²) in [5.41, 5.74) is 1.91. The Bertz CT molecular complexity index is 622. The molecular formula is C22H36N4O2. The molecule has 6 heteroatoms. The summed E-state index contributed by atoms with van der Waals surface area (Å²) in [5, 5.41) is 2.92. The van der Waals surface area contributed by atoms with E-state index in [1.54, 1.807) is 0 Å². The first kappa shape index (κ1) is 22.2. The van der Waals surface area contributed by atoms with Crippen LogP contribution in [0.1, 0.15) is 50.9 Å². The van der Waals surface area contributed by atoms with Crippen LogP contribution in [0.5, 0.6) is 0 Å². The van der Waals surface area contributed by atoms with E-state index in [4.69, 9.17) is 0 Å². The first-order valence-electron chi connectivity index (χ1n) is 10.6. The Morgan fingerprint density at radius 2 is 1.71 bits per heavy atom. The SMILES string of the molecule is CCCCN(CC)c1ccc(C(=O)N2CCN(CC(=O)NC(C)C)CC2)cc1. The maximum absolute atomic E-state index is 12.8. The van der Waals surface area contributed by atoms with E-state index in [9.17, 15) is 9.59 Å². The average Bonchev–Trinajstić information content (AvgIpc) is 2.68. The first-order chi connectivity index (χ1) is 13.4. The lowest BCUT2D eigenvalue weighted by Gasteiger charge is -2.34. The van der Waals surface area contributed by atoms with E-state index in [-0.39, 0.29) is 17.9 Å². The molecule has 0 atom stereocenters. The van der Waals surface area contributed by atoms with E-state index in [1.807, 2.05) is 30.9 Å². The van der Waals surface area contributed by atoms with Crippen LogP contribution in [0.25, 0.3) is 0 Å². The highest BCUT2D eigenvalue weighted by atomic mass is 16.2. The average molecular weight is 389 g/mol. The topological polar surface area (TPSA) is 55.9 Å². The molecule has 1 aromatic carbocycles. The lowest BCUT2D eigenvalue weighted by Crippen LogP contribution is -2.51. The number of rotatable bonds is 9. The van der Waals surface area contributed by atoms with E-state index in [0.29, 0.717) is 19.6 Å². The van der Waals surface area contributed by atoms with Gasteiger partial charge >= 0.3 is 0 Å². The number of piperazine rings is 1. The Morgan fingerprint density at radius 1 is 1.07 bits per heavy atom. The predicted molar refractivity (Wildman–Crippen MR) is 115 cm³/mol. The van der Waals surface area contributed by atoms with E-state index in [2.05, 4.69) is 41.1 Å². The first-order valence-corrected chi connectivity index (χ1v) is 10.6. The second-order valence-corrected chi connectivity index (χ2v) is 7.77. The summed E-state index contributed by atoms with van der Waals surface area (Å²) in [5.74, 6) is 0.128. The lowest BCUT2D eigenvalue weighted by atomic mass is 10.1. The number of benzene rings is 1. The minimum absolute atomic E-state index is 0.0499. The number of hydrogen-bond acceptors (Lipinski definition) is 4. The molecule has 1 N–H and O–H groups in total. The molecule has 0 aliphatic carbocycles. The molecule has 1 aliphatic heterocycles. The maximum Gasteiger partial charge on any atom is 0.253 e. The Balaban J connectivity index is 1.87. The van der Waals surface area contributed by atoms with Gasteiger partial charge in [0, 0.05) is 56.6 Å². The summed E-state index contributed by atoms with van der Waals surface area (Å²) in [6.07, 6.45) is 2.35. The van der Waals surface area contributed by atoms with Crippen molar-refractivity contribution in [2.75, 3.05) is 50.7 Å². The smallest absolute Gasteiger partial charge is 0.253 e. The van der Waals surface area contributed by atoms with Crippen LogP contribution in [0.15, 0.2) is 24.3 Å². The number of hydrogen-bond donors (Lipinski definition) is 1. The number of nitrogens with zero attached hydrogens (tertiary/aromatic N) is 3. The molecule has 1 aliphatic rings. The third-order valence-electron chi connectivity index (χ3n) is 5.12. The lowest BCUT2D eigenvalue weighted by molar-refractivity contribution is -0.123. The molecule has 2 rings (SSSR count). The fourth-order valence-electron chi connectivity index (χ4n) is 3.50. The molecule has 1 fully saturated rings. The molecule has 0 radical (unpaired) electrons. The minimum Gasteiger partial charge on any atom is -0.372 e. The molecule has 6 nitrogen and oxygen atoms in total. The second kappa shape index (κ2) is 11.1. The summed E-state index contributed by atoms with van der Waals surface area (Å²) < 4.78 is 0. The van der Waals surface area contributed by atoms with Gasteiger partial charge < -0.3 is 15.1 Å². The number of nitrogens with one attached hydrogen (secondary N) is 1. The number of amides is 2. The maximum atomic E-state index is 12.8. The Hall–Kier alpha value is -2.08. The third-order valence-corrected chi connectivity index (χ3v) is 5.12. The van der Waals surface area contributed by atoms with Crippen molar-refractivity contribution < 1.29 is 9.59 Å². The Morgan fingerprint density at radius 3 is 2.25 bits per heavy atom. The van der Waals surface area contributed by atoms with Crippen LogP contribution in [0, 0.1) is 0 Å². The minimum atomic E-state index is 0.0499. The summed E-state index contributed by atoms with van der Waals surface area (Å²) in [4.78, 5) is 31.1. The van der Waals surface area contributed by atoms with Crippen molar-refractivity contribution in [2.45, 2.75) is 46.6 Å². The van der Waals surface area contributed by atoms with Gasteiger partial charge in [-0.25, -0.2) is 0 Å². The molecule has 0 bridgehead atoms. The van der Waals surface area contributed by atoms with Crippen LogP contribution in [-0.2, 0) is 4.79 Å². The monoisotopic (exact) mass is 388 g/mol. The normalized spacial score (nSPS) is 15.0. The van der Waals surface area contributed by atoms with Crippen molar-refractivity contribution in [1.82, 2.24) is 15.1 Å². The predicted octanol–water partition coefficient (Wildman–Crippen LogP) is 2.60. The zero-order valence-electron chi connectivity index (χ0n) is 17.9. The van der Waals surface area contributed by atoms with Gasteiger partial charge in [-0.3, -0.25) is 14.5 Å². The number of anilines is 1. The van der Waals surface area contributed by atoms with E-state index in [0.717, 1.165) is 31.7 Å². The van der Waals surface area contributed by atoms with Gasteiger partial charge in [-0.2, -0.15) is 0 Å². The fraction of sp³-hybridized carbons (Fsp3) is 0.636. The van der Waals surface area contributed by atoms with Crippen molar-refractivity contribution in [2.24, 2.45) is 0 Å². The highest BCUT2D eigenvalue weighted by Crippen LogP contribution is 2.17. The van der Waals surface area contributed by atoms with Gasteiger partial charge in [-0.15, -0.1) is 0 Å². The van der Waals surface area contributed by atoms with Gasteiger partial charge in [0.2, 0.25) is 5.91 Å². The van der Waals surface area contributed by atoms with E-state index >= 15 is 0 Å². The van der Waals surface area contributed by atoms with Gasteiger partial charge in [-0.1, -0.05) is 13.3 Å². The van der Waals surface area contributed by atoms with Crippen LogP contribution in [0.3, 0.4) is 0 Å². The molecule has 156 valence electrons. The van der Waals surface area contributed by atoms with E-state index in [1.165, 1.54) is 18.5 Å². The molecule has 0 aromatic heterocycles. The standard InChI is InChI=1S/C22H36N4O2/c1-5-7-12-25(6-2)20-10-8-19(9-11-20)22(28)26-15-13-24(14-16-26)17-21(27)23-18(3)4/h8-11,18H,5-7,12-17H2,1-4H3,(H,23,27). The molecule has 0 spiro atoms. The molecule has 1 aromatic rings. The van der Waals surface area contributed by atoms with Crippen LogP contribution in [-0.4, -0.2) is 73.5 Å². The number of carbonyl (C=O) groups is 2. The van der Waals surface area contributed by atoms with Crippen molar-refractivity contribution in [3.8, 4) is 0 Å². The highest BCUT2D eigenvalue weighted by molar-refractivity contribution is 5.94. The fourth-order valence-corrected chi connectivity index (χ4v) is 3.50. The summed E-state index contributed by atoms with van der Waals surface area (Å²) in [6, 6.07) is 8.14. The molecule has 1 heterocycles. The van der Waals surface area contributed by atoms with Gasteiger partial charge in [0.1, 0.15) is 0 Å². The highest BCUT2D eigenvalue weighted by Gasteiger charge is 2.23. The second-order valence-electron chi connectivity index (χ2n) is 7.77. The summed E-state index contributed by atoms with van der Waals surface area (Å²) >= 11 is 0. The largest absolute Gasteiger partial charge is 0.372 e. The van der Waals surface area contributed by atoms with Gasteiger partial charge in [0.15, 0.2) is 0 Å². The van der Waals surface area contributed by atoms with Crippen molar-refractivity contribution in [1.29, 1.82) is 0 Å². The molecule has 2 amide bonds. The van der Waals surface area contributed by atoms with Gasteiger partial charge in [0.25, 0.3) is 5.91 Å². The molecular weight excluding hydrogens is 352 g/mol. The number of unbranched alkanes of at least 4 members (excludes halogenated alkanes) is 1. The van der Waals surface area contributed by atoms with E-state index < -0.39 is 0 Å².